The largest absolute Gasteiger partial charge is 0.390 e. The van der Waals surface area contributed by atoms with Crippen LogP contribution in [0.15, 0.2) is 24.7 Å². The summed E-state index contributed by atoms with van der Waals surface area (Å²) in [6.45, 7) is 4.75. The molecule has 1 aliphatic heterocycles. The highest BCUT2D eigenvalue weighted by molar-refractivity contribution is 5.94. The molecule has 3 rings (SSSR count). The average Bonchev–Trinajstić information content (AvgIpc) is 2.92. The van der Waals surface area contributed by atoms with Gasteiger partial charge in [-0.15, -0.1) is 0 Å². The number of carbonyl (C=O) groups is 1. The van der Waals surface area contributed by atoms with E-state index < -0.39 is 6.10 Å². The van der Waals surface area contributed by atoms with Crippen LogP contribution in [0.5, 0.6) is 0 Å². The SMILES string of the molecule is CNc1cc(C(=O)N2CCN(Cc3nc[nH]c3C)CC(O)C2)ccn1. The molecule has 0 spiro atoms. The van der Waals surface area contributed by atoms with Crippen LogP contribution >= 0.6 is 0 Å². The number of hydrogen-bond donors (Lipinski definition) is 3. The summed E-state index contributed by atoms with van der Waals surface area (Å²) in [6, 6.07) is 3.43. The number of imidazole rings is 1. The van der Waals surface area contributed by atoms with E-state index in [9.17, 15) is 9.90 Å². The first kappa shape index (κ1) is 17.4. The van der Waals surface area contributed by atoms with Crippen LogP contribution in [0.2, 0.25) is 0 Å². The number of hydrogen-bond acceptors (Lipinski definition) is 6. The van der Waals surface area contributed by atoms with Gasteiger partial charge in [0.1, 0.15) is 5.82 Å². The van der Waals surface area contributed by atoms with Crippen LogP contribution in [-0.2, 0) is 6.54 Å². The highest BCUT2D eigenvalue weighted by Gasteiger charge is 2.26. The lowest BCUT2D eigenvalue weighted by atomic mass is 10.2. The Balaban J connectivity index is 1.68. The standard InChI is InChI=1S/C17H24N6O2/c1-12-15(21-11-20-12)10-22-5-6-23(9-14(24)8-22)17(25)13-3-4-19-16(7-13)18-2/h3-4,7,11,14,24H,5-6,8-10H2,1-2H3,(H,18,19)(H,20,21). The van der Waals surface area contributed by atoms with Crippen LogP contribution in [0.1, 0.15) is 21.7 Å². The summed E-state index contributed by atoms with van der Waals surface area (Å²) in [5, 5.41) is 13.3. The second-order valence-corrected chi connectivity index (χ2v) is 6.29. The van der Waals surface area contributed by atoms with Crippen molar-refractivity contribution in [3.05, 3.63) is 41.6 Å². The summed E-state index contributed by atoms with van der Waals surface area (Å²) in [6.07, 6.45) is 2.70. The molecular formula is C17H24N6O2. The van der Waals surface area contributed by atoms with Gasteiger partial charge in [0.25, 0.3) is 5.91 Å². The third-order valence-electron chi connectivity index (χ3n) is 4.44. The van der Waals surface area contributed by atoms with Gasteiger partial charge in [-0.2, -0.15) is 0 Å². The van der Waals surface area contributed by atoms with Gasteiger partial charge < -0.3 is 20.3 Å². The highest BCUT2D eigenvalue weighted by Crippen LogP contribution is 2.14. The van der Waals surface area contributed by atoms with Crippen LogP contribution in [0.4, 0.5) is 5.82 Å². The molecule has 2 aromatic heterocycles. The number of rotatable bonds is 4. The lowest BCUT2D eigenvalue weighted by Gasteiger charge is -2.22. The molecule has 1 saturated heterocycles. The van der Waals surface area contributed by atoms with E-state index in [2.05, 4.69) is 25.2 Å². The molecule has 0 radical (unpaired) electrons. The van der Waals surface area contributed by atoms with Crippen molar-refractivity contribution in [3.63, 3.8) is 0 Å². The van der Waals surface area contributed by atoms with Crippen LogP contribution in [-0.4, -0.2) is 75.1 Å². The molecule has 1 unspecified atom stereocenters. The Morgan fingerprint density at radius 3 is 2.96 bits per heavy atom. The minimum atomic E-state index is -0.587. The number of pyridine rings is 1. The van der Waals surface area contributed by atoms with Crippen molar-refractivity contribution in [2.24, 2.45) is 0 Å². The molecule has 1 aliphatic rings. The van der Waals surface area contributed by atoms with Gasteiger partial charge in [-0.05, 0) is 19.1 Å². The van der Waals surface area contributed by atoms with Crippen molar-refractivity contribution in [2.75, 3.05) is 38.5 Å². The Kier molecular flexibility index (Phi) is 5.30. The van der Waals surface area contributed by atoms with E-state index in [1.807, 2.05) is 6.92 Å². The Bertz CT molecular complexity index is 731. The molecule has 0 aliphatic carbocycles. The van der Waals surface area contributed by atoms with E-state index in [0.29, 0.717) is 44.1 Å². The quantitative estimate of drug-likeness (QED) is 0.746. The van der Waals surface area contributed by atoms with Crippen LogP contribution in [0, 0.1) is 6.92 Å². The zero-order chi connectivity index (χ0) is 17.8. The van der Waals surface area contributed by atoms with E-state index in [1.54, 1.807) is 36.6 Å². The third-order valence-corrected chi connectivity index (χ3v) is 4.44. The number of aryl methyl sites for hydroxylation is 1. The van der Waals surface area contributed by atoms with E-state index >= 15 is 0 Å². The lowest BCUT2D eigenvalue weighted by Crippen LogP contribution is -2.37. The predicted octanol–water partition coefficient (Wildman–Crippen LogP) is 0.474. The second-order valence-electron chi connectivity index (χ2n) is 6.29. The zero-order valence-electron chi connectivity index (χ0n) is 14.6. The van der Waals surface area contributed by atoms with Gasteiger partial charge >= 0.3 is 0 Å². The maximum Gasteiger partial charge on any atom is 0.254 e. The molecule has 8 nitrogen and oxygen atoms in total. The third kappa shape index (κ3) is 4.15. The van der Waals surface area contributed by atoms with Crippen LogP contribution in [0.3, 0.4) is 0 Å². The second kappa shape index (κ2) is 7.62. The number of anilines is 1. The summed E-state index contributed by atoms with van der Waals surface area (Å²) in [5.74, 6) is 0.563. The summed E-state index contributed by atoms with van der Waals surface area (Å²) in [7, 11) is 1.77. The summed E-state index contributed by atoms with van der Waals surface area (Å²) in [4.78, 5) is 28.1. The van der Waals surface area contributed by atoms with Crippen LogP contribution in [0.25, 0.3) is 0 Å². The van der Waals surface area contributed by atoms with Gasteiger partial charge in [-0.3, -0.25) is 9.69 Å². The minimum absolute atomic E-state index is 0.0873. The number of nitrogens with zero attached hydrogens (tertiary/aromatic N) is 4. The molecule has 3 heterocycles. The first-order valence-corrected chi connectivity index (χ1v) is 8.39. The van der Waals surface area contributed by atoms with E-state index in [-0.39, 0.29) is 5.91 Å². The Morgan fingerprint density at radius 2 is 2.24 bits per heavy atom. The number of nitrogens with one attached hydrogen (secondary N) is 2. The molecule has 0 saturated carbocycles. The summed E-state index contributed by atoms with van der Waals surface area (Å²) < 4.78 is 0. The Morgan fingerprint density at radius 1 is 1.40 bits per heavy atom. The average molecular weight is 344 g/mol. The summed E-state index contributed by atoms with van der Waals surface area (Å²) in [5.41, 5.74) is 2.57. The molecule has 0 aromatic carbocycles. The first-order valence-electron chi connectivity index (χ1n) is 8.39. The molecule has 3 N–H and O–H groups in total. The van der Waals surface area contributed by atoms with Gasteiger partial charge in [0, 0.05) is 57.2 Å². The van der Waals surface area contributed by atoms with Crippen molar-refractivity contribution in [2.45, 2.75) is 19.6 Å². The number of aromatic amines is 1. The first-order chi connectivity index (χ1) is 12.1. The van der Waals surface area contributed by atoms with Gasteiger partial charge in [0.15, 0.2) is 0 Å². The van der Waals surface area contributed by atoms with Crippen molar-refractivity contribution in [1.29, 1.82) is 0 Å². The van der Waals surface area contributed by atoms with E-state index in [0.717, 1.165) is 11.4 Å². The normalized spacial score (nSPS) is 18.8. The van der Waals surface area contributed by atoms with Gasteiger partial charge in [0.2, 0.25) is 0 Å². The maximum atomic E-state index is 12.8. The van der Waals surface area contributed by atoms with Crippen LogP contribution < -0.4 is 5.32 Å². The number of carbonyl (C=O) groups excluding carboxylic acids is 1. The number of aliphatic hydroxyl groups is 1. The van der Waals surface area contributed by atoms with Gasteiger partial charge in [-0.25, -0.2) is 9.97 Å². The van der Waals surface area contributed by atoms with E-state index in [4.69, 9.17) is 0 Å². The maximum absolute atomic E-state index is 12.8. The van der Waals surface area contributed by atoms with Crippen molar-refractivity contribution in [1.82, 2.24) is 24.8 Å². The highest BCUT2D eigenvalue weighted by atomic mass is 16.3. The molecular weight excluding hydrogens is 320 g/mol. The zero-order valence-corrected chi connectivity index (χ0v) is 14.6. The topological polar surface area (TPSA) is 97.4 Å². The van der Waals surface area contributed by atoms with Gasteiger partial charge in [-0.1, -0.05) is 0 Å². The fourth-order valence-corrected chi connectivity index (χ4v) is 3.02. The molecule has 1 fully saturated rings. The number of amides is 1. The Hall–Kier alpha value is -2.45. The number of H-pyrrole nitrogens is 1. The monoisotopic (exact) mass is 344 g/mol. The summed E-state index contributed by atoms with van der Waals surface area (Å²) >= 11 is 0. The Labute approximate surface area is 146 Å². The smallest absolute Gasteiger partial charge is 0.254 e. The van der Waals surface area contributed by atoms with E-state index in [1.165, 1.54) is 0 Å². The molecule has 1 atom stereocenters. The predicted molar refractivity (Wildman–Crippen MR) is 94.3 cm³/mol. The van der Waals surface area contributed by atoms with Crippen molar-refractivity contribution >= 4 is 11.7 Å². The number of aliphatic hydroxyl groups excluding tert-OH is 1. The van der Waals surface area contributed by atoms with Crippen molar-refractivity contribution < 1.29 is 9.90 Å². The fourth-order valence-electron chi connectivity index (χ4n) is 3.02. The molecule has 2 aromatic rings. The molecule has 8 heteroatoms. The molecule has 134 valence electrons. The molecule has 0 bridgehead atoms. The number of aromatic nitrogens is 3. The van der Waals surface area contributed by atoms with Crippen molar-refractivity contribution in [3.8, 4) is 0 Å². The lowest BCUT2D eigenvalue weighted by molar-refractivity contribution is 0.0663. The van der Waals surface area contributed by atoms with Gasteiger partial charge in [0.05, 0.1) is 18.1 Å². The molecule has 25 heavy (non-hydrogen) atoms. The number of β-amino-alcohol motifs (C(OH)–C–C–N with tert-alkyl or cyclic N) is 1. The fraction of sp³-hybridized carbons (Fsp3) is 0.471. The molecule has 1 amide bonds. The minimum Gasteiger partial charge on any atom is -0.390 e.